The molecule has 0 radical (unpaired) electrons. The molecule has 0 rings (SSSR count). The van der Waals surface area contributed by atoms with Gasteiger partial charge in [0.2, 0.25) is 0 Å². The normalized spacial score (nSPS) is 14.5. The van der Waals surface area contributed by atoms with Crippen molar-refractivity contribution >= 4 is 39.5 Å². The Hall–Kier alpha value is -1.94. The summed E-state index contributed by atoms with van der Waals surface area (Å²) >= 11 is 0. The first-order valence-corrected chi connectivity index (χ1v) is 44.4. The monoisotopic (exact) mass is 1450 g/mol. The third-order valence-electron chi connectivity index (χ3n) is 19.4. The van der Waals surface area contributed by atoms with Crippen molar-refractivity contribution in [3.63, 3.8) is 0 Å². The third kappa shape index (κ3) is 71.5. The maximum atomic E-state index is 13.1. The molecule has 0 aromatic rings. The molecule has 0 aliphatic rings. The van der Waals surface area contributed by atoms with Gasteiger partial charge in [0, 0.05) is 25.7 Å². The number of carbonyl (C=O) groups is 4. The lowest BCUT2D eigenvalue weighted by molar-refractivity contribution is -0.161. The van der Waals surface area contributed by atoms with Gasteiger partial charge in [0.15, 0.2) is 12.2 Å². The van der Waals surface area contributed by atoms with Crippen LogP contribution in [0.25, 0.3) is 0 Å². The van der Waals surface area contributed by atoms with Crippen LogP contribution in [0.15, 0.2) is 0 Å². The summed E-state index contributed by atoms with van der Waals surface area (Å²) in [5, 5.41) is 10.6. The Morgan fingerprint density at radius 2 is 0.515 bits per heavy atom. The summed E-state index contributed by atoms with van der Waals surface area (Å²) in [4.78, 5) is 73.0. The highest BCUT2D eigenvalue weighted by atomic mass is 31.2. The Kier molecular flexibility index (Phi) is 69.0. The molecule has 0 aliphatic heterocycles. The van der Waals surface area contributed by atoms with Gasteiger partial charge >= 0.3 is 39.5 Å². The minimum Gasteiger partial charge on any atom is -0.462 e. The van der Waals surface area contributed by atoms with Gasteiger partial charge in [-0.3, -0.25) is 37.3 Å². The molecule has 19 heteroatoms. The van der Waals surface area contributed by atoms with Gasteiger partial charge in [0.25, 0.3) is 0 Å². The maximum Gasteiger partial charge on any atom is 0.472 e. The van der Waals surface area contributed by atoms with Crippen molar-refractivity contribution in [3.8, 4) is 0 Å². The number of rotatable bonds is 78. The third-order valence-corrected chi connectivity index (χ3v) is 21.3. The minimum absolute atomic E-state index is 0.105. The molecule has 0 heterocycles. The fraction of sp³-hybridized carbons (Fsp3) is 0.950. The van der Waals surface area contributed by atoms with Gasteiger partial charge in [0.05, 0.1) is 26.4 Å². The van der Waals surface area contributed by atoms with Crippen LogP contribution in [0.4, 0.5) is 0 Å². The summed E-state index contributed by atoms with van der Waals surface area (Å²) in [7, 11) is -9.92. The van der Waals surface area contributed by atoms with Gasteiger partial charge in [-0.25, -0.2) is 9.13 Å². The lowest BCUT2D eigenvalue weighted by Gasteiger charge is -2.21. The van der Waals surface area contributed by atoms with Gasteiger partial charge in [-0.2, -0.15) is 0 Å². The van der Waals surface area contributed by atoms with Crippen molar-refractivity contribution in [3.05, 3.63) is 0 Å². The predicted octanol–water partition coefficient (Wildman–Crippen LogP) is 23.7. The van der Waals surface area contributed by atoms with E-state index in [1.54, 1.807) is 0 Å². The fourth-order valence-electron chi connectivity index (χ4n) is 12.2. The van der Waals surface area contributed by atoms with Gasteiger partial charge in [-0.1, -0.05) is 363 Å². The molecule has 0 aliphatic carbocycles. The summed E-state index contributed by atoms with van der Waals surface area (Å²) in [6, 6.07) is 0. The second kappa shape index (κ2) is 70.4. The van der Waals surface area contributed by atoms with Crippen LogP contribution in [0.1, 0.15) is 414 Å². The number of aliphatic hydroxyl groups excluding tert-OH is 1. The van der Waals surface area contributed by atoms with Crippen molar-refractivity contribution in [2.45, 2.75) is 433 Å². The minimum atomic E-state index is -4.96. The van der Waals surface area contributed by atoms with Gasteiger partial charge in [-0.05, 0) is 43.4 Å². The van der Waals surface area contributed by atoms with Crippen LogP contribution in [0.3, 0.4) is 0 Å². The second-order valence-corrected chi connectivity index (χ2v) is 32.7. The number of carbonyl (C=O) groups excluding carboxylic acids is 4. The van der Waals surface area contributed by atoms with Crippen molar-refractivity contribution in [1.82, 2.24) is 0 Å². The molecule has 0 saturated carbocycles. The first-order chi connectivity index (χ1) is 47.8. The molecule has 0 aromatic carbocycles. The molecule has 0 spiro atoms. The van der Waals surface area contributed by atoms with E-state index >= 15 is 0 Å². The van der Waals surface area contributed by atoms with E-state index in [-0.39, 0.29) is 25.7 Å². The van der Waals surface area contributed by atoms with Crippen LogP contribution in [0.5, 0.6) is 0 Å². The van der Waals surface area contributed by atoms with E-state index in [1.165, 1.54) is 225 Å². The van der Waals surface area contributed by atoms with E-state index < -0.39 is 97.5 Å². The smallest absolute Gasteiger partial charge is 0.462 e. The highest BCUT2D eigenvalue weighted by Gasteiger charge is 2.30. The number of ether oxygens (including phenoxy) is 4. The van der Waals surface area contributed by atoms with Crippen LogP contribution >= 0.6 is 15.6 Å². The molecular formula is C80H156O17P2. The molecule has 99 heavy (non-hydrogen) atoms. The van der Waals surface area contributed by atoms with Crippen LogP contribution in [0.2, 0.25) is 0 Å². The SMILES string of the molecule is CCCCCCCCCCCCC(=O)OC[C@H](COP(=O)(O)OC[C@H](O)COP(=O)(O)OC[C@@H](COC(=O)CCCCCCCCCCCCCCCCC(C)CC)OC(=O)CCCCCCCCCCCCCCCCCCC(C)C)OC(=O)CCCCCCCCCCC(C)CC. The Labute approximate surface area is 607 Å². The van der Waals surface area contributed by atoms with E-state index in [4.69, 9.17) is 37.0 Å². The van der Waals surface area contributed by atoms with Crippen LogP contribution in [0, 0.1) is 17.8 Å². The number of phosphoric ester groups is 2. The van der Waals surface area contributed by atoms with E-state index in [0.717, 1.165) is 108 Å². The molecular weight excluding hydrogens is 1290 g/mol. The van der Waals surface area contributed by atoms with Crippen molar-refractivity contribution in [2.24, 2.45) is 17.8 Å². The predicted molar refractivity (Wildman–Crippen MR) is 405 cm³/mol. The Balaban J connectivity index is 5.24. The largest absolute Gasteiger partial charge is 0.472 e. The van der Waals surface area contributed by atoms with E-state index in [2.05, 4.69) is 48.5 Å². The number of unbranched alkanes of at least 4 members (excludes halogenated alkanes) is 44. The average molecular weight is 1450 g/mol. The molecule has 0 saturated heterocycles. The zero-order valence-corrected chi connectivity index (χ0v) is 66.8. The lowest BCUT2D eigenvalue weighted by atomic mass is 9.99. The van der Waals surface area contributed by atoms with Crippen molar-refractivity contribution in [1.29, 1.82) is 0 Å². The second-order valence-electron chi connectivity index (χ2n) is 29.8. The molecule has 3 N–H and O–H groups in total. The van der Waals surface area contributed by atoms with Crippen LogP contribution in [-0.2, 0) is 65.4 Å². The zero-order chi connectivity index (χ0) is 73.0. The Bertz CT molecular complexity index is 1930. The first-order valence-electron chi connectivity index (χ1n) is 41.4. The highest BCUT2D eigenvalue weighted by molar-refractivity contribution is 7.47. The van der Waals surface area contributed by atoms with E-state index in [0.29, 0.717) is 25.7 Å². The van der Waals surface area contributed by atoms with Crippen molar-refractivity contribution in [2.75, 3.05) is 39.6 Å². The van der Waals surface area contributed by atoms with Crippen LogP contribution in [-0.4, -0.2) is 96.7 Å². The standard InChI is InChI=1S/C80H156O17P2/c1-8-11-12-13-14-15-32-40-47-54-61-77(82)90-68-76(97-80(85)64-57-50-43-36-35-39-46-53-60-73(7)10-3)70-95-99(88,89)93-66-74(81)65-92-98(86,87)94-69-75(67-91-78(83)62-55-48-41-33-28-24-21-20-23-27-31-38-45-52-59-72(6)9-2)96-79(84)63-56-49-42-34-29-25-19-17-16-18-22-26-30-37-44-51-58-71(4)5/h71-76,81H,8-70H2,1-7H3,(H,86,87)(H,88,89)/t72?,73?,74-,75-,76-/m1/s1. The van der Waals surface area contributed by atoms with E-state index in [9.17, 15) is 43.2 Å². The summed E-state index contributed by atoms with van der Waals surface area (Å²) in [5.74, 6) is 0.315. The summed E-state index contributed by atoms with van der Waals surface area (Å²) in [6.07, 6.45) is 58.1. The number of hydrogen-bond acceptors (Lipinski definition) is 15. The molecule has 4 unspecified atom stereocenters. The quantitative estimate of drug-likeness (QED) is 0.0222. The fourth-order valence-corrected chi connectivity index (χ4v) is 13.8. The molecule has 0 aromatic heterocycles. The first kappa shape index (κ1) is 97.1. The number of esters is 4. The van der Waals surface area contributed by atoms with Gasteiger partial charge < -0.3 is 33.8 Å². The van der Waals surface area contributed by atoms with Gasteiger partial charge in [-0.15, -0.1) is 0 Å². The summed E-state index contributed by atoms with van der Waals surface area (Å²) in [5.41, 5.74) is 0. The number of phosphoric acid groups is 2. The van der Waals surface area contributed by atoms with E-state index in [1.807, 2.05) is 0 Å². The number of aliphatic hydroxyl groups is 1. The maximum absolute atomic E-state index is 13.1. The Morgan fingerprint density at radius 3 is 0.768 bits per heavy atom. The Morgan fingerprint density at radius 1 is 0.293 bits per heavy atom. The highest BCUT2D eigenvalue weighted by Crippen LogP contribution is 2.45. The van der Waals surface area contributed by atoms with Gasteiger partial charge in [0.1, 0.15) is 19.3 Å². The van der Waals surface area contributed by atoms with Crippen LogP contribution < -0.4 is 0 Å². The lowest BCUT2D eigenvalue weighted by Crippen LogP contribution is -2.30. The molecule has 17 nitrogen and oxygen atoms in total. The molecule has 0 bridgehead atoms. The van der Waals surface area contributed by atoms with Crippen molar-refractivity contribution < 1.29 is 80.2 Å². The average Bonchev–Trinajstić information content (AvgIpc) is 0.956. The summed E-state index contributed by atoms with van der Waals surface area (Å²) < 4.78 is 68.7. The zero-order valence-electron chi connectivity index (χ0n) is 65.0. The molecule has 0 fully saturated rings. The topological polar surface area (TPSA) is 237 Å². The molecule has 588 valence electrons. The number of hydrogen-bond donors (Lipinski definition) is 3. The summed E-state index contributed by atoms with van der Waals surface area (Å²) in [6.45, 7) is 12.0. The molecule has 0 amide bonds. The molecule has 7 atom stereocenters.